The van der Waals surface area contributed by atoms with E-state index in [1.54, 1.807) is 0 Å². The van der Waals surface area contributed by atoms with E-state index in [0.717, 1.165) is 5.69 Å². The van der Waals surface area contributed by atoms with Crippen LogP contribution in [0.15, 0.2) is 16.8 Å². The molecule has 0 radical (unpaired) electrons. The minimum absolute atomic E-state index is 0.140. The molecule has 1 aromatic heterocycles. The monoisotopic (exact) mass is 180 g/mol. The molecule has 0 aliphatic carbocycles. The summed E-state index contributed by atoms with van der Waals surface area (Å²) in [4.78, 5) is 15.0. The highest BCUT2D eigenvalue weighted by Gasteiger charge is 1.96. The van der Waals surface area contributed by atoms with Crippen molar-refractivity contribution in [2.75, 3.05) is 6.54 Å². The summed E-state index contributed by atoms with van der Waals surface area (Å²) in [6.45, 7) is 4.31. The van der Waals surface area contributed by atoms with Crippen molar-refractivity contribution in [1.29, 1.82) is 0 Å². The molecule has 1 amide bonds. The molecule has 1 heterocycles. The lowest BCUT2D eigenvalue weighted by Crippen LogP contribution is -2.19. The summed E-state index contributed by atoms with van der Waals surface area (Å²) in [6.07, 6.45) is 4.48. The summed E-state index contributed by atoms with van der Waals surface area (Å²) in [5, 5.41) is 2.63. The van der Waals surface area contributed by atoms with Crippen LogP contribution in [0, 0.1) is 6.92 Å². The number of oxazole rings is 1. The average molecular weight is 180 g/mol. The highest BCUT2D eigenvalue weighted by molar-refractivity contribution is 5.91. The number of carbonyl (C=O) groups excluding carboxylic acids is 1. The van der Waals surface area contributed by atoms with Gasteiger partial charge in [-0.3, -0.25) is 4.79 Å². The van der Waals surface area contributed by atoms with E-state index in [-0.39, 0.29) is 5.91 Å². The van der Waals surface area contributed by atoms with Crippen LogP contribution in [0.1, 0.15) is 18.5 Å². The molecule has 1 N–H and O–H groups in total. The topological polar surface area (TPSA) is 55.1 Å². The van der Waals surface area contributed by atoms with Crippen molar-refractivity contribution in [3.63, 3.8) is 0 Å². The third-order valence-electron chi connectivity index (χ3n) is 1.37. The van der Waals surface area contributed by atoms with E-state index in [9.17, 15) is 4.79 Å². The molecule has 1 rings (SSSR count). The summed E-state index contributed by atoms with van der Waals surface area (Å²) < 4.78 is 5.01. The number of hydrogen-bond donors (Lipinski definition) is 1. The Morgan fingerprint density at radius 1 is 1.77 bits per heavy atom. The van der Waals surface area contributed by atoms with E-state index in [4.69, 9.17) is 4.42 Å². The molecule has 13 heavy (non-hydrogen) atoms. The predicted octanol–water partition coefficient (Wildman–Crippen LogP) is 1.13. The summed E-state index contributed by atoms with van der Waals surface area (Å²) in [5.41, 5.74) is 0.801. The van der Waals surface area contributed by atoms with Crippen molar-refractivity contribution in [3.8, 4) is 0 Å². The number of likely N-dealkylation sites (N-methyl/N-ethyl adjacent to an activating group) is 1. The fraction of sp³-hybridized carbons (Fsp3) is 0.333. The zero-order valence-electron chi connectivity index (χ0n) is 7.70. The van der Waals surface area contributed by atoms with Gasteiger partial charge >= 0.3 is 0 Å². The van der Waals surface area contributed by atoms with Crippen LogP contribution in [0.25, 0.3) is 6.08 Å². The van der Waals surface area contributed by atoms with Gasteiger partial charge in [-0.15, -0.1) is 0 Å². The lowest BCUT2D eigenvalue weighted by atomic mass is 10.4. The molecule has 0 bridgehead atoms. The van der Waals surface area contributed by atoms with Crippen LogP contribution >= 0.6 is 0 Å². The maximum atomic E-state index is 11.0. The Morgan fingerprint density at radius 3 is 3.08 bits per heavy atom. The van der Waals surface area contributed by atoms with Crippen molar-refractivity contribution >= 4 is 12.0 Å². The fourth-order valence-corrected chi connectivity index (χ4v) is 0.829. The second kappa shape index (κ2) is 4.45. The van der Waals surface area contributed by atoms with Crippen molar-refractivity contribution in [1.82, 2.24) is 10.3 Å². The molecular weight excluding hydrogens is 168 g/mol. The van der Waals surface area contributed by atoms with Gasteiger partial charge in [0.05, 0.1) is 5.69 Å². The first-order valence-corrected chi connectivity index (χ1v) is 4.10. The zero-order chi connectivity index (χ0) is 9.68. The lowest BCUT2D eigenvalue weighted by molar-refractivity contribution is -0.116. The third kappa shape index (κ3) is 3.11. The average Bonchev–Trinajstić information content (AvgIpc) is 2.49. The quantitative estimate of drug-likeness (QED) is 0.709. The van der Waals surface area contributed by atoms with Gasteiger partial charge in [0.1, 0.15) is 6.26 Å². The van der Waals surface area contributed by atoms with Gasteiger partial charge in [-0.2, -0.15) is 0 Å². The van der Waals surface area contributed by atoms with Crippen LogP contribution < -0.4 is 5.32 Å². The first-order valence-electron chi connectivity index (χ1n) is 4.10. The van der Waals surface area contributed by atoms with Crippen LogP contribution in [0.4, 0.5) is 0 Å². The summed E-state index contributed by atoms with van der Waals surface area (Å²) >= 11 is 0. The van der Waals surface area contributed by atoms with E-state index in [0.29, 0.717) is 12.4 Å². The highest BCUT2D eigenvalue weighted by atomic mass is 16.3. The minimum atomic E-state index is -0.140. The Morgan fingerprint density at radius 2 is 2.54 bits per heavy atom. The summed E-state index contributed by atoms with van der Waals surface area (Å²) in [5.74, 6) is 0.308. The number of rotatable bonds is 3. The SMILES string of the molecule is CCNC(=O)/C=C/c1nc(C)co1. The Hall–Kier alpha value is -1.58. The van der Waals surface area contributed by atoms with Crippen molar-refractivity contribution in [2.24, 2.45) is 0 Å². The molecule has 0 aromatic carbocycles. The number of hydrogen-bond acceptors (Lipinski definition) is 3. The molecule has 0 saturated heterocycles. The molecule has 1 aromatic rings. The Bertz CT molecular complexity index is 315. The molecule has 4 nitrogen and oxygen atoms in total. The van der Waals surface area contributed by atoms with E-state index < -0.39 is 0 Å². The molecule has 0 atom stereocenters. The number of nitrogens with zero attached hydrogens (tertiary/aromatic N) is 1. The van der Waals surface area contributed by atoms with E-state index in [2.05, 4.69) is 10.3 Å². The largest absolute Gasteiger partial charge is 0.445 e. The first-order chi connectivity index (χ1) is 6.22. The summed E-state index contributed by atoms with van der Waals surface area (Å²) in [7, 11) is 0. The first kappa shape index (κ1) is 9.51. The molecule has 4 heteroatoms. The van der Waals surface area contributed by atoms with Crippen LogP contribution in [-0.2, 0) is 4.79 Å². The highest BCUT2D eigenvalue weighted by Crippen LogP contribution is 2.01. The Balaban J connectivity index is 2.53. The minimum Gasteiger partial charge on any atom is -0.445 e. The van der Waals surface area contributed by atoms with Crippen LogP contribution in [0.2, 0.25) is 0 Å². The number of aromatic nitrogens is 1. The van der Waals surface area contributed by atoms with E-state index >= 15 is 0 Å². The van der Waals surface area contributed by atoms with Crippen LogP contribution in [0.5, 0.6) is 0 Å². The number of nitrogens with one attached hydrogen (secondary N) is 1. The molecule has 0 saturated carbocycles. The van der Waals surface area contributed by atoms with Crippen LogP contribution in [0.3, 0.4) is 0 Å². The van der Waals surface area contributed by atoms with Crippen molar-refractivity contribution in [2.45, 2.75) is 13.8 Å². The van der Waals surface area contributed by atoms with Crippen molar-refractivity contribution in [3.05, 3.63) is 23.9 Å². The zero-order valence-corrected chi connectivity index (χ0v) is 7.70. The van der Waals surface area contributed by atoms with Crippen LogP contribution in [-0.4, -0.2) is 17.4 Å². The van der Waals surface area contributed by atoms with Gasteiger partial charge in [0.15, 0.2) is 0 Å². The molecular formula is C9H12N2O2. The molecule has 70 valence electrons. The second-order valence-electron chi connectivity index (χ2n) is 2.56. The normalized spacial score (nSPS) is 10.6. The van der Waals surface area contributed by atoms with E-state index in [1.165, 1.54) is 18.4 Å². The molecule has 0 spiro atoms. The summed E-state index contributed by atoms with van der Waals surface area (Å²) in [6, 6.07) is 0. The van der Waals surface area contributed by atoms with E-state index in [1.807, 2.05) is 13.8 Å². The van der Waals surface area contributed by atoms with Gasteiger partial charge in [-0.1, -0.05) is 0 Å². The molecule has 0 unspecified atom stereocenters. The molecule has 0 aliphatic heterocycles. The second-order valence-corrected chi connectivity index (χ2v) is 2.56. The number of carbonyl (C=O) groups is 1. The predicted molar refractivity (Wildman–Crippen MR) is 49.0 cm³/mol. The Kier molecular flexibility index (Phi) is 3.25. The number of amides is 1. The van der Waals surface area contributed by atoms with Gasteiger partial charge in [-0.05, 0) is 13.8 Å². The van der Waals surface area contributed by atoms with Gasteiger partial charge < -0.3 is 9.73 Å². The smallest absolute Gasteiger partial charge is 0.244 e. The maximum absolute atomic E-state index is 11.0. The fourth-order valence-electron chi connectivity index (χ4n) is 0.829. The Labute approximate surface area is 76.7 Å². The third-order valence-corrected chi connectivity index (χ3v) is 1.37. The molecule has 0 fully saturated rings. The van der Waals surface area contributed by atoms with Gasteiger partial charge in [0, 0.05) is 18.7 Å². The van der Waals surface area contributed by atoms with Crippen molar-refractivity contribution < 1.29 is 9.21 Å². The van der Waals surface area contributed by atoms with Gasteiger partial charge in [-0.25, -0.2) is 4.98 Å². The van der Waals surface area contributed by atoms with Gasteiger partial charge in [0.2, 0.25) is 11.8 Å². The number of aryl methyl sites for hydroxylation is 1. The standard InChI is InChI=1S/C9H12N2O2/c1-3-10-8(12)4-5-9-11-7(2)6-13-9/h4-6H,3H2,1-2H3,(H,10,12)/b5-4+. The van der Waals surface area contributed by atoms with Gasteiger partial charge in [0.25, 0.3) is 0 Å². The maximum Gasteiger partial charge on any atom is 0.244 e. The molecule has 0 aliphatic rings. The lowest BCUT2D eigenvalue weighted by Gasteiger charge is -1.92.